The van der Waals surface area contributed by atoms with Gasteiger partial charge in [0.15, 0.2) is 5.13 Å². The second kappa shape index (κ2) is 6.41. The van der Waals surface area contributed by atoms with E-state index in [0.717, 1.165) is 26.9 Å². The highest BCUT2D eigenvalue weighted by Gasteiger charge is 2.31. The molecule has 0 saturated carbocycles. The molecule has 0 radical (unpaired) electrons. The van der Waals surface area contributed by atoms with Crippen LogP contribution in [0, 0.1) is 0 Å². The molecule has 130 valence electrons. The monoisotopic (exact) mass is 367 g/mol. The number of halogens is 1. The molecule has 3 rings (SSSR count). The van der Waals surface area contributed by atoms with Crippen LogP contribution in [-0.2, 0) is 4.74 Å². The topological polar surface area (TPSA) is 45.7 Å². The molecule has 1 aliphatic rings. The predicted molar refractivity (Wildman–Crippen MR) is 99.2 cm³/mol. The molecule has 24 heavy (non-hydrogen) atoms. The number of anilines is 1. The number of carbonyl (C=O) groups excluding carboxylic acids is 1. The van der Waals surface area contributed by atoms with Crippen LogP contribution in [0.25, 0.3) is 10.2 Å². The summed E-state index contributed by atoms with van der Waals surface area (Å²) < 4.78 is 6.55. The molecule has 0 spiro atoms. The van der Waals surface area contributed by atoms with E-state index in [0.29, 0.717) is 13.1 Å². The number of thiazole rings is 1. The largest absolute Gasteiger partial charge is 0.444 e. The van der Waals surface area contributed by atoms with Crippen molar-refractivity contribution in [2.45, 2.75) is 39.3 Å². The number of nitrogens with zero attached hydrogens (tertiary/aromatic N) is 3. The van der Waals surface area contributed by atoms with Gasteiger partial charge in [-0.25, -0.2) is 9.78 Å². The standard InChI is InChI=1S/C17H22ClN3O2S/c1-11-10-20(16(22)23-17(2,3)4)7-8-21(11)15-19-13-6-5-12(18)9-14(13)24-15/h5-6,9,11H,7-8,10H2,1-4H3. The van der Waals surface area contributed by atoms with E-state index >= 15 is 0 Å². The van der Waals surface area contributed by atoms with E-state index in [1.165, 1.54) is 0 Å². The van der Waals surface area contributed by atoms with Crippen molar-refractivity contribution in [3.63, 3.8) is 0 Å². The van der Waals surface area contributed by atoms with Crippen LogP contribution in [0.1, 0.15) is 27.7 Å². The van der Waals surface area contributed by atoms with Crippen LogP contribution >= 0.6 is 22.9 Å². The van der Waals surface area contributed by atoms with E-state index in [9.17, 15) is 4.79 Å². The summed E-state index contributed by atoms with van der Waals surface area (Å²) in [5, 5.41) is 1.70. The zero-order valence-electron chi connectivity index (χ0n) is 14.4. The normalized spacial score (nSPS) is 19.0. The summed E-state index contributed by atoms with van der Waals surface area (Å²) in [6.45, 7) is 9.77. The average Bonchev–Trinajstić information content (AvgIpc) is 2.87. The van der Waals surface area contributed by atoms with Crippen LogP contribution in [0.2, 0.25) is 5.02 Å². The Hall–Kier alpha value is -1.53. The Labute approximate surface area is 151 Å². The molecule has 1 aromatic carbocycles. The van der Waals surface area contributed by atoms with Gasteiger partial charge in [0.1, 0.15) is 5.60 Å². The van der Waals surface area contributed by atoms with Gasteiger partial charge in [0.05, 0.1) is 10.2 Å². The number of hydrogen-bond acceptors (Lipinski definition) is 5. The molecule has 0 N–H and O–H groups in total. The summed E-state index contributed by atoms with van der Waals surface area (Å²) in [6.07, 6.45) is -0.245. The van der Waals surface area contributed by atoms with Crippen LogP contribution in [0.4, 0.5) is 9.93 Å². The highest BCUT2D eigenvalue weighted by Crippen LogP contribution is 2.32. The van der Waals surface area contributed by atoms with Crippen molar-refractivity contribution in [1.29, 1.82) is 0 Å². The molecule has 1 amide bonds. The second-order valence-corrected chi connectivity index (χ2v) is 8.52. The molecular formula is C17H22ClN3O2S. The number of hydrogen-bond donors (Lipinski definition) is 0. The zero-order valence-corrected chi connectivity index (χ0v) is 15.9. The lowest BCUT2D eigenvalue weighted by Gasteiger charge is -2.40. The van der Waals surface area contributed by atoms with E-state index in [1.54, 1.807) is 16.2 Å². The van der Waals surface area contributed by atoms with Crippen LogP contribution in [-0.4, -0.2) is 47.3 Å². The van der Waals surface area contributed by atoms with Crippen LogP contribution in [0.15, 0.2) is 18.2 Å². The molecule has 7 heteroatoms. The number of amides is 1. The van der Waals surface area contributed by atoms with Crippen LogP contribution in [0.3, 0.4) is 0 Å². The molecule has 1 aromatic heterocycles. The number of ether oxygens (including phenoxy) is 1. The summed E-state index contributed by atoms with van der Waals surface area (Å²) in [7, 11) is 0. The van der Waals surface area contributed by atoms with Gasteiger partial charge < -0.3 is 14.5 Å². The summed E-state index contributed by atoms with van der Waals surface area (Å²) in [4.78, 5) is 21.0. The minimum absolute atomic E-state index is 0.183. The molecule has 2 heterocycles. The maximum absolute atomic E-state index is 12.2. The molecule has 0 bridgehead atoms. The smallest absolute Gasteiger partial charge is 0.410 e. The summed E-state index contributed by atoms with van der Waals surface area (Å²) >= 11 is 7.69. The third-order valence-corrected chi connectivity index (χ3v) is 5.15. The minimum atomic E-state index is -0.468. The fraction of sp³-hybridized carbons (Fsp3) is 0.529. The molecule has 1 unspecified atom stereocenters. The second-order valence-electron chi connectivity index (χ2n) is 7.08. The van der Waals surface area contributed by atoms with Crippen LogP contribution < -0.4 is 4.90 Å². The summed E-state index contributed by atoms with van der Waals surface area (Å²) in [5.74, 6) is 0. The first-order valence-corrected chi connectivity index (χ1v) is 9.23. The Morgan fingerprint density at radius 1 is 1.38 bits per heavy atom. The fourth-order valence-electron chi connectivity index (χ4n) is 2.74. The first-order chi connectivity index (χ1) is 11.2. The Morgan fingerprint density at radius 2 is 2.12 bits per heavy atom. The maximum Gasteiger partial charge on any atom is 0.410 e. The van der Waals surface area contributed by atoms with Crippen molar-refractivity contribution in [3.05, 3.63) is 23.2 Å². The number of aromatic nitrogens is 1. The molecule has 1 aliphatic heterocycles. The van der Waals surface area contributed by atoms with Gasteiger partial charge in [0, 0.05) is 30.7 Å². The van der Waals surface area contributed by atoms with Gasteiger partial charge in [0.2, 0.25) is 0 Å². The molecule has 5 nitrogen and oxygen atoms in total. The maximum atomic E-state index is 12.2. The van der Waals surface area contributed by atoms with Crippen molar-refractivity contribution in [2.75, 3.05) is 24.5 Å². The molecule has 1 atom stereocenters. The van der Waals surface area contributed by atoms with E-state index in [4.69, 9.17) is 21.3 Å². The molecule has 1 fully saturated rings. The average molecular weight is 368 g/mol. The van der Waals surface area contributed by atoms with Gasteiger partial charge in [-0.1, -0.05) is 22.9 Å². The predicted octanol–water partition coefficient (Wildman–Crippen LogP) is 4.40. The minimum Gasteiger partial charge on any atom is -0.444 e. The number of piperazine rings is 1. The van der Waals surface area contributed by atoms with E-state index in [1.807, 2.05) is 39.0 Å². The van der Waals surface area contributed by atoms with Gasteiger partial charge in [-0.05, 0) is 45.9 Å². The molecule has 1 saturated heterocycles. The van der Waals surface area contributed by atoms with Gasteiger partial charge in [-0.2, -0.15) is 0 Å². The van der Waals surface area contributed by atoms with Crippen molar-refractivity contribution in [2.24, 2.45) is 0 Å². The fourth-order valence-corrected chi connectivity index (χ4v) is 4.11. The first kappa shape index (κ1) is 17.3. The van der Waals surface area contributed by atoms with Gasteiger partial charge in [-0.3, -0.25) is 0 Å². The quantitative estimate of drug-likeness (QED) is 0.749. The third-order valence-electron chi connectivity index (χ3n) is 3.86. The SMILES string of the molecule is CC1CN(C(=O)OC(C)(C)C)CCN1c1nc2ccc(Cl)cc2s1. The third kappa shape index (κ3) is 3.75. The van der Waals surface area contributed by atoms with Crippen molar-refractivity contribution < 1.29 is 9.53 Å². The van der Waals surface area contributed by atoms with E-state index < -0.39 is 5.60 Å². The number of fused-ring (bicyclic) bond motifs is 1. The highest BCUT2D eigenvalue weighted by molar-refractivity contribution is 7.22. The van der Waals surface area contributed by atoms with Crippen molar-refractivity contribution >= 4 is 44.4 Å². The van der Waals surface area contributed by atoms with Crippen LogP contribution in [0.5, 0.6) is 0 Å². The van der Waals surface area contributed by atoms with E-state index in [-0.39, 0.29) is 12.1 Å². The first-order valence-electron chi connectivity index (χ1n) is 8.03. The Bertz CT molecular complexity index is 756. The lowest BCUT2D eigenvalue weighted by Crippen LogP contribution is -2.54. The number of rotatable bonds is 1. The Kier molecular flexibility index (Phi) is 4.62. The van der Waals surface area contributed by atoms with Gasteiger partial charge >= 0.3 is 6.09 Å². The Balaban J connectivity index is 1.72. The Morgan fingerprint density at radius 3 is 2.79 bits per heavy atom. The molecule has 2 aromatic rings. The van der Waals surface area contributed by atoms with E-state index in [2.05, 4.69) is 11.8 Å². The highest BCUT2D eigenvalue weighted by atomic mass is 35.5. The molecular weight excluding hydrogens is 346 g/mol. The zero-order chi connectivity index (χ0) is 17.5. The number of carbonyl (C=O) groups is 1. The number of benzene rings is 1. The molecule has 0 aliphatic carbocycles. The summed E-state index contributed by atoms with van der Waals surface area (Å²) in [6, 6.07) is 5.93. The van der Waals surface area contributed by atoms with Crippen molar-refractivity contribution in [1.82, 2.24) is 9.88 Å². The lowest BCUT2D eigenvalue weighted by atomic mass is 10.2. The van der Waals surface area contributed by atoms with Crippen molar-refractivity contribution in [3.8, 4) is 0 Å². The van der Waals surface area contributed by atoms with Gasteiger partial charge in [0.25, 0.3) is 0 Å². The van der Waals surface area contributed by atoms with Gasteiger partial charge in [-0.15, -0.1) is 0 Å². The summed E-state index contributed by atoms with van der Waals surface area (Å²) in [5.41, 5.74) is 0.491. The lowest BCUT2D eigenvalue weighted by molar-refractivity contribution is 0.0219.